The number of para-hydroxylation sites is 1. The molecule has 0 radical (unpaired) electrons. The second-order valence-electron chi connectivity index (χ2n) is 13.6. The maximum Gasteiger partial charge on any atom is 0.227 e. The van der Waals surface area contributed by atoms with E-state index in [1.807, 2.05) is 30.3 Å². The first-order valence-electron chi connectivity index (χ1n) is 18.3. The summed E-state index contributed by atoms with van der Waals surface area (Å²) in [5, 5.41) is 4.53. The van der Waals surface area contributed by atoms with E-state index in [0.717, 1.165) is 66.8 Å². The van der Waals surface area contributed by atoms with Crippen molar-refractivity contribution in [3.63, 3.8) is 0 Å². The van der Waals surface area contributed by atoms with Gasteiger partial charge in [0, 0.05) is 27.8 Å². The minimum atomic E-state index is 0.624. The highest BCUT2D eigenvalue weighted by molar-refractivity contribution is 6.06. The fourth-order valence-electron chi connectivity index (χ4n) is 7.61. The lowest BCUT2D eigenvalue weighted by molar-refractivity contribution is 0.623. The normalized spacial score (nSPS) is 11.3. The minimum Gasteiger partial charge on any atom is -0.435 e. The van der Waals surface area contributed by atoms with Crippen LogP contribution in [0.25, 0.3) is 77.5 Å². The largest absolute Gasteiger partial charge is 0.435 e. The molecule has 3 heteroatoms. The van der Waals surface area contributed by atoms with Gasteiger partial charge in [0.15, 0.2) is 5.58 Å². The number of hydrogen-bond donors (Lipinski definition) is 0. The van der Waals surface area contributed by atoms with Gasteiger partial charge >= 0.3 is 0 Å². The van der Waals surface area contributed by atoms with Crippen molar-refractivity contribution in [3.8, 4) is 44.8 Å². The molecule has 1 aromatic heterocycles. The highest BCUT2D eigenvalue weighted by Gasteiger charge is 2.22. The predicted octanol–water partition coefficient (Wildman–Crippen LogP) is 14.3. The van der Waals surface area contributed by atoms with Gasteiger partial charge in [-0.15, -0.1) is 0 Å². The van der Waals surface area contributed by atoms with E-state index in [1.165, 1.54) is 21.9 Å². The van der Waals surface area contributed by atoms with Gasteiger partial charge < -0.3 is 9.32 Å². The Morgan fingerprint density at radius 2 is 1.00 bits per heavy atom. The molecule has 3 nitrogen and oxygen atoms in total. The summed E-state index contributed by atoms with van der Waals surface area (Å²) >= 11 is 0. The van der Waals surface area contributed by atoms with E-state index in [1.54, 1.807) is 0 Å². The van der Waals surface area contributed by atoms with Crippen LogP contribution in [0, 0.1) is 0 Å². The fraction of sp³-hybridized carbons (Fsp3) is 0. The average molecular weight is 691 g/mol. The first-order chi connectivity index (χ1) is 26.8. The van der Waals surface area contributed by atoms with Gasteiger partial charge in [-0.25, -0.2) is 4.98 Å². The van der Waals surface area contributed by atoms with Crippen LogP contribution < -0.4 is 4.90 Å². The average Bonchev–Trinajstić information content (AvgIpc) is 3.70. The molecule has 10 rings (SSSR count). The molecule has 0 atom stereocenters. The van der Waals surface area contributed by atoms with Gasteiger partial charge in [0.25, 0.3) is 0 Å². The van der Waals surface area contributed by atoms with E-state index < -0.39 is 0 Å². The molecule has 0 saturated heterocycles. The molecule has 0 unspecified atom stereocenters. The van der Waals surface area contributed by atoms with Crippen LogP contribution in [0.1, 0.15) is 0 Å². The molecule has 0 bridgehead atoms. The van der Waals surface area contributed by atoms with Crippen molar-refractivity contribution in [2.45, 2.75) is 0 Å². The molecule has 0 fully saturated rings. The van der Waals surface area contributed by atoms with E-state index in [9.17, 15) is 0 Å². The van der Waals surface area contributed by atoms with Crippen LogP contribution in [0.4, 0.5) is 17.1 Å². The zero-order chi connectivity index (χ0) is 35.8. The molecule has 0 N–H and O–H groups in total. The van der Waals surface area contributed by atoms with Crippen LogP contribution in [-0.4, -0.2) is 4.98 Å². The van der Waals surface area contributed by atoms with Crippen molar-refractivity contribution < 1.29 is 4.42 Å². The summed E-state index contributed by atoms with van der Waals surface area (Å²) in [6.45, 7) is 0. The highest BCUT2D eigenvalue weighted by atomic mass is 16.3. The van der Waals surface area contributed by atoms with E-state index >= 15 is 0 Å². The second kappa shape index (κ2) is 13.4. The summed E-state index contributed by atoms with van der Waals surface area (Å²) in [6.07, 6.45) is 0. The summed E-state index contributed by atoms with van der Waals surface area (Å²) in [4.78, 5) is 7.27. The SMILES string of the molecule is c1ccc(-c2ccc(N(c3ccc4c(ccc5nc(-c6ccccc6)oc54)c3)c3ccccc3-c3ccccc3)c(-c3ccc4ccccc4c3)c2)cc1. The number of aromatic nitrogens is 1. The van der Waals surface area contributed by atoms with Crippen molar-refractivity contribution in [2.75, 3.05) is 4.90 Å². The second-order valence-corrected chi connectivity index (χ2v) is 13.6. The Labute approximate surface area is 314 Å². The molecule has 0 aliphatic heterocycles. The van der Waals surface area contributed by atoms with Crippen molar-refractivity contribution in [1.29, 1.82) is 0 Å². The Kier molecular flexibility index (Phi) is 7.81. The van der Waals surface area contributed by atoms with Gasteiger partial charge in [-0.2, -0.15) is 0 Å². The molecule has 10 aromatic rings. The van der Waals surface area contributed by atoms with Gasteiger partial charge in [0.05, 0.1) is 11.4 Å². The summed E-state index contributed by atoms with van der Waals surface area (Å²) in [5.74, 6) is 0.624. The number of fused-ring (bicyclic) bond motifs is 4. The molecular weight excluding hydrogens is 657 g/mol. The minimum absolute atomic E-state index is 0.624. The van der Waals surface area contributed by atoms with Crippen molar-refractivity contribution in [1.82, 2.24) is 4.98 Å². The van der Waals surface area contributed by atoms with Crippen LogP contribution in [0.2, 0.25) is 0 Å². The molecule has 54 heavy (non-hydrogen) atoms. The number of hydrogen-bond acceptors (Lipinski definition) is 3. The number of rotatable bonds is 7. The molecule has 1 heterocycles. The molecule has 0 spiro atoms. The van der Waals surface area contributed by atoms with Crippen molar-refractivity contribution in [3.05, 3.63) is 206 Å². The molecule has 0 amide bonds. The van der Waals surface area contributed by atoms with Crippen LogP contribution >= 0.6 is 0 Å². The summed E-state index contributed by atoms with van der Waals surface area (Å²) in [7, 11) is 0. The van der Waals surface area contributed by atoms with Crippen molar-refractivity contribution in [2.24, 2.45) is 0 Å². The maximum atomic E-state index is 6.46. The number of benzene rings is 9. The van der Waals surface area contributed by atoms with E-state index in [0.29, 0.717) is 5.89 Å². The van der Waals surface area contributed by atoms with E-state index in [4.69, 9.17) is 9.40 Å². The number of oxazole rings is 1. The quantitative estimate of drug-likeness (QED) is 0.167. The maximum absolute atomic E-state index is 6.46. The topological polar surface area (TPSA) is 29.3 Å². The molecule has 0 aliphatic carbocycles. The monoisotopic (exact) mass is 690 g/mol. The summed E-state index contributed by atoms with van der Waals surface area (Å²) in [5.41, 5.74) is 12.8. The van der Waals surface area contributed by atoms with Crippen LogP contribution in [-0.2, 0) is 0 Å². The lowest BCUT2D eigenvalue weighted by Crippen LogP contribution is -2.12. The molecule has 0 saturated carbocycles. The number of nitrogens with zero attached hydrogens (tertiary/aromatic N) is 2. The molecular formula is C51H34N2O. The van der Waals surface area contributed by atoms with Crippen molar-refractivity contribution >= 4 is 49.7 Å². The highest BCUT2D eigenvalue weighted by Crippen LogP contribution is 2.47. The van der Waals surface area contributed by atoms with Crippen LogP contribution in [0.5, 0.6) is 0 Å². The van der Waals surface area contributed by atoms with Crippen LogP contribution in [0.3, 0.4) is 0 Å². The molecule has 9 aromatic carbocycles. The Balaban J connectivity index is 1.22. The lowest BCUT2D eigenvalue weighted by atomic mass is 9.94. The first-order valence-corrected chi connectivity index (χ1v) is 18.3. The summed E-state index contributed by atoms with van der Waals surface area (Å²) in [6, 6.07) is 73.2. The standard InChI is InChI=1S/C51H34N2O/c1-4-14-35(15-5-1)40-27-31-49(46(34-40)41-25-24-36-16-10-11-21-39(36)32-41)53(48-23-13-12-22-44(48)37-17-6-2-7-18-37)43-28-29-45-42(33-43)26-30-47-50(45)54-51(52-47)38-19-8-3-9-20-38/h1-34H. The molecule has 254 valence electrons. The Morgan fingerprint density at radius 3 is 1.80 bits per heavy atom. The third kappa shape index (κ3) is 5.69. The zero-order valence-electron chi connectivity index (χ0n) is 29.4. The molecule has 0 aliphatic rings. The van der Waals surface area contributed by atoms with E-state index in [-0.39, 0.29) is 0 Å². The van der Waals surface area contributed by atoms with Gasteiger partial charge in [0.1, 0.15) is 5.52 Å². The van der Waals surface area contributed by atoms with Gasteiger partial charge in [-0.3, -0.25) is 0 Å². The zero-order valence-corrected chi connectivity index (χ0v) is 29.4. The predicted molar refractivity (Wildman–Crippen MR) is 225 cm³/mol. The smallest absolute Gasteiger partial charge is 0.227 e. The van der Waals surface area contributed by atoms with Gasteiger partial charge in [-0.1, -0.05) is 146 Å². The summed E-state index contributed by atoms with van der Waals surface area (Å²) < 4.78 is 6.46. The number of anilines is 3. The van der Waals surface area contributed by atoms with Crippen LogP contribution in [0.15, 0.2) is 211 Å². The first kappa shape index (κ1) is 31.5. The Morgan fingerprint density at radius 1 is 0.370 bits per heavy atom. The third-order valence-corrected chi connectivity index (χ3v) is 10.3. The van der Waals surface area contributed by atoms with E-state index in [2.05, 4.69) is 181 Å². The van der Waals surface area contributed by atoms with Gasteiger partial charge in [0.2, 0.25) is 5.89 Å². The fourth-order valence-corrected chi connectivity index (χ4v) is 7.61. The van der Waals surface area contributed by atoms with Gasteiger partial charge in [-0.05, 0) is 99.1 Å². The Bertz CT molecular complexity index is 2930. The lowest BCUT2D eigenvalue weighted by Gasteiger charge is -2.30. The Hall–Kier alpha value is -7.23. The third-order valence-electron chi connectivity index (χ3n) is 10.3.